The van der Waals surface area contributed by atoms with Gasteiger partial charge in [-0.1, -0.05) is 61.0 Å². The van der Waals surface area contributed by atoms with Gasteiger partial charge in [0.1, 0.15) is 29.3 Å². The van der Waals surface area contributed by atoms with Gasteiger partial charge in [0.25, 0.3) is 0 Å². The molecule has 44 heavy (non-hydrogen) atoms. The molecule has 1 saturated carbocycles. The number of rotatable bonds is 10. The first-order valence-electron chi connectivity index (χ1n) is 15.3. The number of carbonyl (C=O) groups excluding carboxylic acids is 4. The van der Waals surface area contributed by atoms with Crippen LogP contribution in [0.25, 0.3) is 0 Å². The van der Waals surface area contributed by atoms with Gasteiger partial charge in [0.05, 0.1) is 0 Å². The maximum absolute atomic E-state index is 14.5. The van der Waals surface area contributed by atoms with Crippen molar-refractivity contribution in [3.8, 4) is 0 Å². The van der Waals surface area contributed by atoms with E-state index in [0.717, 1.165) is 16.7 Å². The first-order chi connectivity index (χ1) is 20.4. The number of alkyl carbamates (subject to hydrolysis) is 1. The van der Waals surface area contributed by atoms with Crippen LogP contribution >= 0.6 is 0 Å². The Morgan fingerprint density at radius 3 is 2.05 bits per heavy atom. The zero-order valence-corrected chi connectivity index (χ0v) is 27.8. The molecule has 3 amide bonds. The summed E-state index contributed by atoms with van der Waals surface area (Å²) in [6.07, 6.45) is 0.201. The Hall–Kier alpha value is -3.88. The highest BCUT2D eigenvalue weighted by atomic mass is 16.6. The van der Waals surface area contributed by atoms with Gasteiger partial charge in [0.15, 0.2) is 0 Å². The summed E-state index contributed by atoms with van der Waals surface area (Å²) in [5.74, 6) is -1.32. The van der Waals surface area contributed by atoms with Crippen molar-refractivity contribution in [2.75, 3.05) is 0 Å². The van der Waals surface area contributed by atoms with Gasteiger partial charge in [0.2, 0.25) is 11.8 Å². The SMILES string of the molecule is Cc1ccc(C)c(C(C(=O)NC(Cc2ccccc2)C(=O)OC(C)(C)C)N(C(=O)C(C)NC(=O)OC(C)(C)C)C2CC2C)c1. The van der Waals surface area contributed by atoms with Crippen molar-refractivity contribution in [2.24, 2.45) is 5.92 Å². The number of benzene rings is 2. The standard InChI is InChI=1S/C35H49N3O6/c1-21-16-17-22(2)26(18-21)29(38(28-19-23(28)3)31(40)24(4)36-33(42)44-35(8,9)10)30(39)37-27(32(41)43-34(5,6)7)20-25-14-12-11-13-15-25/h11-18,23-24,27-29H,19-20H2,1-10H3,(H,36,42)(H,37,39). The molecule has 1 fully saturated rings. The van der Waals surface area contributed by atoms with Crippen molar-refractivity contribution in [2.45, 2.75) is 117 Å². The Kier molecular flexibility index (Phi) is 10.9. The van der Waals surface area contributed by atoms with E-state index in [2.05, 4.69) is 10.6 Å². The van der Waals surface area contributed by atoms with Gasteiger partial charge < -0.3 is 25.0 Å². The molecule has 3 rings (SSSR count). The lowest BCUT2D eigenvalue weighted by molar-refractivity contribution is -0.159. The molecular weight excluding hydrogens is 558 g/mol. The Labute approximate surface area is 262 Å². The highest BCUT2D eigenvalue weighted by Gasteiger charge is 2.48. The van der Waals surface area contributed by atoms with E-state index in [1.54, 1.807) is 53.4 Å². The quantitative estimate of drug-likeness (QED) is 0.342. The van der Waals surface area contributed by atoms with Gasteiger partial charge in [0, 0.05) is 12.5 Å². The number of nitrogens with zero attached hydrogens (tertiary/aromatic N) is 1. The fourth-order valence-electron chi connectivity index (χ4n) is 5.08. The van der Waals surface area contributed by atoms with E-state index in [-0.39, 0.29) is 18.4 Å². The number of hydrogen-bond donors (Lipinski definition) is 2. The summed E-state index contributed by atoms with van der Waals surface area (Å²) in [5, 5.41) is 5.60. The molecule has 1 aliphatic carbocycles. The van der Waals surface area contributed by atoms with Gasteiger partial charge >= 0.3 is 12.1 Å². The molecule has 2 aromatic rings. The zero-order valence-electron chi connectivity index (χ0n) is 27.8. The fourth-order valence-corrected chi connectivity index (χ4v) is 5.08. The van der Waals surface area contributed by atoms with E-state index in [1.165, 1.54) is 0 Å². The van der Waals surface area contributed by atoms with Crippen LogP contribution in [-0.2, 0) is 30.3 Å². The van der Waals surface area contributed by atoms with E-state index in [0.29, 0.717) is 12.0 Å². The Bertz CT molecular complexity index is 1340. The molecule has 5 unspecified atom stereocenters. The lowest BCUT2D eigenvalue weighted by Gasteiger charge is -2.36. The summed E-state index contributed by atoms with van der Waals surface area (Å²) in [4.78, 5) is 56.3. The molecule has 2 N–H and O–H groups in total. The van der Waals surface area contributed by atoms with Gasteiger partial charge in [-0.15, -0.1) is 0 Å². The average Bonchev–Trinajstić information content (AvgIpc) is 3.61. The molecule has 0 bridgehead atoms. The molecule has 0 aromatic heterocycles. The maximum Gasteiger partial charge on any atom is 0.408 e. The van der Waals surface area contributed by atoms with Crippen LogP contribution in [0.1, 0.15) is 90.1 Å². The molecule has 0 radical (unpaired) electrons. The third kappa shape index (κ3) is 9.82. The zero-order chi connectivity index (χ0) is 33.0. The summed E-state index contributed by atoms with van der Waals surface area (Å²) < 4.78 is 11.1. The minimum Gasteiger partial charge on any atom is -0.458 e. The van der Waals surface area contributed by atoms with Gasteiger partial charge in [-0.2, -0.15) is 0 Å². The molecule has 1 aliphatic rings. The second kappa shape index (κ2) is 13.8. The molecular formula is C35H49N3O6. The second-order valence-corrected chi connectivity index (χ2v) is 13.9. The lowest BCUT2D eigenvalue weighted by atomic mass is 9.95. The normalized spacial score (nSPS) is 18.3. The Morgan fingerprint density at radius 1 is 0.909 bits per heavy atom. The van der Waals surface area contributed by atoms with Crippen LogP contribution in [0.2, 0.25) is 0 Å². The smallest absolute Gasteiger partial charge is 0.408 e. The van der Waals surface area contributed by atoms with Crippen molar-refractivity contribution in [1.82, 2.24) is 15.5 Å². The largest absolute Gasteiger partial charge is 0.458 e. The van der Waals surface area contributed by atoms with Crippen LogP contribution in [-0.4, -0.2) is 58.1 Å². The molecule has 0 spiro atoms. The average molecular weight is 608 g/mol. The second-order valence-electron chi connectivity index (χ2n) is 13.9. The first-order valence-corrected chi connectivity index (χ1v) is 15.3. The summed E-state index contributed by atoms with van der Waals surface area (Å²) >= 11 is 0. The highest BCUT2D eigenvalue weighted by Crippen LogP contribution is 2.41. The minimum atomic E-state index is -1.05. The van der Waals surface area contributed by atoms with Crippen molar-refractivity contribution < 1.29 is 28.7 Å². The third-order valence-corrected chi connectivity index (χ3v) is 7.33. The van der Waals surface area contributed by atoms with E-state index < -0.39 is 53.2 Å². The number of aryl methyl sites for hydroxylation is 2. The van der Waals surface area contributed by atoms with Crippen molar-refractivity contribution in [3.05, 3.63) is 70.8 Å². The topological polar surface area (TPSA) is 114 Å². The molecule has 0 heterocycles. The summed E-state index contributed by atoms with van der Waals surface area (Å²) in [7, 11) is 0. The fraction of sp³-hybridized carbons (Fsp3) is 0.543. The lowest BCUT2D eigenvalue weighted by Crippen LogP contribution is -2.55. The van der Waals surface area contributed by atoms with E-state index in [4.69, 9.17) is 9.47 Å². The van der Waals surface area contributed by atoms with Crippen LogP contribution in [0, 0.1) is 19.8 Å². The molecule has 9 heteroatoms. The monoisotopic (exact) mass is 607 g/mol. The van der Waals surface area contributed by atoms with Gasteiger partial charge in [-0.05, 0) is 91.3 Å². The maximum atomic E-state index is 14.5. The van der Waals surface area contributed by atoms with Crippen molar-refractivity contribution in [3.63, 3.8) is 0 Å². The summed E-state index contributed by atoms with van der Waals surface area (Å²) in [6.45, 7) is 18.0. The van der Waals surface area contributed by atoms with E-state index >= 15 is 0 Å². The Morgan fingerprint density at radius 2 is 1.50 bits per heavy atom. The number of nitrogens with one attached hydrogen (secondary N) is 2. The van der Waals surface area contributed by atoms with Crippen LogP contribution in [0.15, 0.2) is 48.5 Å². The third-order valence-electron chi connectivity index (χ3n) is 7.33. The molecule has 240 valence electrons. The van der Waals surface area contributed by atoms with Gasteiger partial charge in [-0.3, -0.25) is 9.59 Å². The minimum absolute atomic E-state index is 0.152. The summed E-state index contributed by atoms with van der Waals surface area (Å²) in [5.41, 5.74) is 1.75. The molecule has 2 aromatic carbocycles. The molecule has 0 saturated heterocycles. The number of hydrogen-bond acceptors (Lipinski definition) is 6. The number of esters is 1. The van der Waals surface area contributed by atoms with E-state index in [9.17, 15) is 19.2 Å². The highest BCUT2D eigenvalue weighted by molar-refractivity contribution is 5.94. The summed E-state index contributed by atoms with van der Waals surface area (Å²) in [6, 6.07) is 11.9. The first kappa shape index (κ1) is 34.6. The predicted octanol–water partition coefficient (Wildman–Crippen LogP) is 5.56. The van der Waals surface area contributed by atoms with Crippen LogP contribution in [0.3, 0.4) is 0 Å². The molecule has 5 atom stereocenters. The Balaban J connectivity index is 2.04. The predicted molar refractivity (Wildman–Crippen MR) is 170 cm³/mol. The van der Waals surface area contributed by atoms with Crippen molar-refractivity contribution in [1.29, 1.82) is 0 Å². The van der Waals surface area contributed by atoms with Crippen LogP contribution < -0.4 is 10.6 Å². The van der Waals surface area contributed by atoms with Crippen molar-refractivity contribution >= 4 is 23.9 Å². The number of amides is 3. The van der Waals surface area contributed by atoms with Crippen LogP contribution in [0.4, 0.5) is 4.79 Å². The van der Waals surface area contributed by atoms with Crippen LogP contribution in [0.5, 0.6) is 0 Å². The van der Waals surface area contributed by atoms with E-state index in [1.807, 2.05) is 69.3 Å². The van der Waals surface area contributed by atoms with Gasteiger partial charge in [-0.25, -0.2) is 9.59 Å². The molecule has 9 nitrogen and oxygen atoms in total. The number of carbonyl (C=O) groups is 4. The molecule has 0 aliphatic heterocycles. The number of ether oxygens (including phenoxy) is 2.